The van der Waals surface area contributed by atoms with Gasteiger partial charge < -0.3 is 10.0 Å². The van der Waals surface area contributed by atoms with E-state index in [1.54, 1.807) is 6.07 Å². The molecule has 0 aliphatic carbocycles. The van der Waals surface area contributed by atoms with Crippen LogP contribution in [0.5, 0.6) is 5.75 Å². The fraction of sp³-hybridized carbons (Fsp3) is 0.516. The molecule has 1 amide bonds. The third kappa shape index (κ3) is 4.16. The van der Waals surface area contributed by atoms with E-state index in [0.29, 0.717) is 29.9 Å². The highest BCUT2D eigenvalue weighted by Gasteiger charge is 2.56. The lowest BCUT2D eigenvalue weighted by atomic mass is 9.69. The van der Waals surface area contributed by atoms with Crippen molar-refractivity contribution in [3.8, 4) is 5.75 Å². The van der Waals surface area contributed by atoms with Crippen LogP contribution in [0, 0.1) is 0 Å². The van der Waals surface area contributed by atoms with Crippen LogP contribution in [0.2, 0.25) is 0 Å². The lowest BCUT2D eigenvalue weighted by Crippen LogP contribution is -2.75. The number of aromatic hydroxyl groups is 1. The fourth-order valence-corrected chi connectivity index (χ4v) is 7.71. The number of rotatable bonds is 6. The second kappa shape index (κ2) is 10.0. The zero-order valence-electron chi connectivity index (χ0n) is 21.3. The standard InChI is InChI=1S/C31H39N3O2/c1-2-18-33-26-14-16-28-27(33)15-17-29(26)34(28)30(24-8-7-9-25(35)21-24)22-10-12-23(13-11-22)31(36)32-19-5-3-4-6-20-32/h2,7-13,21,26-30,35H,1,3-6,14-20H2. The van der Waals surface area contributed by atoms with Crippen LogP contribution in [0.1, 0.15) is 78.9 Å². The van der Waals surface area contributed by atoms with Gasteiger partial charge >= 0.3 is 0 Å². The molecular weight excluding hydrogens is 446 g/mol. The van der Waals surface area contributed by atoms with E-state index in [1.807, 2.05) is 29.2 Å². The van der Waals surface area contributed by atoms with Gasteiger partial charge in [-0.2, -0.15) is 0 Å². The Kier molecular flexibility index (Phi) is 6.61. The highest BCUT2D eigenvalue weighted by atomic mass is 16.3. The highest BCUT2D eigenvalue weighted by Crippen LogP contribution is 2.50. The minimum atomic E-state index is 0.0749. The van der Waals surface area contributed by atoms with Gasteiger partial charge in [-0.3, -0.25) is 14.6 Å². The molecule has 2 aromatic rings. The highest BCUT2D eigenvalue weighted by molar-refractivity contribution is 5.94. The maximum atomic E-state index is 13.2. The normalized spacial score (nSPS) is 29.2. The summed E-state index contributed by atoms with van der Waals surface area (Å²) in [5.41, 5.74) is 3.13. The molecule has 4 bridgehead atoms. The van der Waals surface area contributed by atoms with Crippen molar-refractivity contribution in [3.63, 3.8) is 0 Å². The minimum Gasteiger partial charge on any atom is -0.508 e. The molecule has 1 N–H and O–H groups in total. The molecule has 6 heterocycles. The summed E-state index contributed by atoms with van der Waals surface area (Å²) in [6.07, 6.45) is 11.7. The molecule has 0 radical (unpaired) electrons. The second-order valence-electron chi connectivity index (χ2n) is 11.2. The summed E-state index contributed by atoms with van der Waals surface area (Å²) in [6, 6.07) is 18.4. The first-order chi connectivity index (χ1) is 17.7. The average Bonchev–Trinajstić information content (AvgIpc) is 3.19. The molecule has 0 saturated carbocycles. The van der Waals surface area contributed by atoms with Gasteiger partial charge in [-0.15, -0.1) is 6.58 Å². The van der Waals surface area contributed by atoms with Crippen molar-refractivity contribution < 1.29 is 9.90 Å². The van der Waals surface area contributed by atoms with Crippen molar-refractivity contribution in [1.82, 2.24) is 14.7 Å². The topological polar surface area (TPSA) is 47.0 Å². The van der Waals surface area contributed by atoms with Gasteiger partial charge in [0.05, 0.1) is 6.04 Å². The summed E-state index contributed by atoms with van der Waals surface area (Å²) in [5, 5.41) is 10.4. The van der Waals surface area contributed by atoms with E-state index in [4.69, 9.17) is 0 Å². The number of phenols is 1. The van der Waals surface area contributed by atoms with Crippen LogP contribution in [0.3, 0.4) is 0 Å². The Bertz CT molecular complexity index is 1070. The maximum absolute atomic E-state index is 13.2. The molecule has 5 unspecified atom stereocenters. The van der Waals surface area contributed by atoms with Gasteiger partial charge in [0.15, 0.2) is 0 Å². The van der Waals surface area contributed by atoms with Gasteiger partial charge in [0.2, 0.25) is 0 Å². The van der Waals surface area contributed by atoms with Crippen molar-refractivity contribution >= 4 is 5.91 Å². The van der Waals surface area contributed by atoms with Gasteiger partial charge in [0, 0.05) is 49.4 Å². The third-order valence-corrected chi connectivity index (χ3v) is 9.21. The van der Waals surface area contributed by atoms with Crippen LogP contribution < -0.4 is 0 Å². The molecule has 6 aliphatic rings. The predicted molar refractivity (Wildman–Crippen MR) is 143 cm³/mol. The SMILES string of the molecule is C=CCN1C2CCC3C1CCC2N3C(c1ccc(C(=O)N2CCCCCC2)cc1)c1cccc(O)c1. The summed E-state index contributed by atoms with van der Waals surface area (Å²) in [7, 11) is 0. The van der Waals surface area contributed by atoms with E-state index >= 15 is 0 Å². The van der Waals surface area contributed by atoms with E-state index in [9.17, 15) is 9.90 Å². The number of likely N-dealkylation sites (tertiary alicyclic amines) is 1. The van der Waals surface area contributed by atoms with E-state index in [2.05, 4.69) is 40.7 Å². The number of carbonyl (C=O) groups is 1. The number of carbonyl (C=O) groups excluding carboxylic acids is 1. The number of hydrogen-bond donors (Lipinski definition) is 1. The Morgan fingerprint density at radius 3 is 2.14 bits per heavy atom. The van der Waals surface area contributed by atoms with Gasteiger partial charge in [-0.25, -0.2) is 0 Å². The number of fused-ring (bicyclic) bond motifs is 2. The molecule has 190 valence electrons. The number of phenolic OH excluding ortho intramolecular Hbond substituents is 1. The second-order valence-corrected chi connectivity index (χ2v) is 11.2. The first-order valence-corrected chi connectivity index (χ1v) is 14.0. The summed E-state index contributed by atoms with van der Waals surface area (Å²) >= 11 is 0. The van der Waals surface area contributed by atoms with Gasteiger partial charge in [0.25, 0.3) is 5.91 Å². The molecule has 2 aromatic carbocycles. The molecule has 6 saturated heterocycles. The first kappa shape index (κ1) is 23.7. The third-order valence-electron chi connectivity index (χ3n) is 9.21. The van der Waals surface area contributed by atoms with E-state index < -0.39 is 0 Å². The average molecular weight is 486 g/mol. The molecule has 6 aliphatic heterocycles. The molecule has 5 heteroatoms. The van der Waals surface area contributed by atoms with Gasteiger partial charge in [-0.1, -0.05) is 43.2 Å². The molecule has 0 spiro atoms. The van der Waals surface area contributed by atoms with E-state index in [0.717, 1.165) is 43.6 Å². The Morgan fingerprint density at radius 2 is 1.53 bits per heavy atom. The Hall–Kier alpha value is -2.63. The Morgan fingerprint density at radius 1 is 0.889 bits per heavy atom. The van der Waals surface area contributed by atoms with Crippen LogP contribution in [0.25, 0.3) is 0 Å². The molecule has 36 heavy (non-hydrogen) atoms. The monoisotopic (exact) mass is 485 g/mol. The summed E-state index contributed by atoms with van der Waals surface area (Å²) < 4.78 is 0. The lowest BCUT2D eigenvalue weighted by Gasteiger charge is -2.66. The van der Waals surface area contributed by atoms with Crippen molar-refractivity contribution in [1.29, 1.82) is 0 Å². The quantitative estimate of drug-likeness (QED) is 0.560. The molecule has 5 atom stereocenters. The predicted octanol–water partition coefficient (Wildman–Crippen LogP) is 5.36. The number of benzene rings is 2. The summed E-state index contributed by atoms with van der Waals surface area (Å²) in [4.78, 5) is 20.7. The van der Waals surface area contributed by atoms with Crippen molar-refractivity contribution in [2.24, 2.45) is 0 Å². The number of piperazine rings is 1. The van der Waals surface area contributed by atoms with Crippen LogP contribution >= 0.6 is 0 Å². The summed E-state index contributed by atoms with van der Waals surface area (Å²) in [6.45, 7) is 6.74. The lowest BCUT2D eigenvalue weighted by molar-refractivity contribution is -0.151. The van der Waals surface area contributed by atoms with Crippen molar-refractivity contribution in [2.45, 2.75) is 81.6 Å². The number of amides is 1. The molecular formula is C31H39N3O2. The minimum absolute atomic E-state index is 0.0749. The smallest absolute Gasteiger partial charge is 0.253 e. The van der Waals surface area contributed by atoms with Crippen LogP contribution in [0.15, 0.2) is 61.2 Å². The Balaban J connectivity index is 1.33. The van der Waals surface area contributed by atoms with Crippen LogP contribution in [-0.2, 0) is 0 Å². The maximum Gasteiger partial charge on any atom is 0.253 e. The molecule has 0 aromatic heterocycles. The van der Waals surface area contributed by atoms with Crippen molar-refractivity contribution in [2.75, 3.05) is 19.6 Å². The van der Waals surface area contributed by atoms with Crippen LogP contribution in [-0.4, -0.2) is 69.5 Å². The van der Waals surface area contributed by atoms with Gasteiger partial charge in [-0.05, 0) is 73.9 Å². The fourth-order valence-electron chi connectivity index (χ4n) is 7.71. The summed E-state index contributed by atoms with van der Waals surface area (Å²) in [5.74, 6) is 0.472. The largest absolute Gasteiger partial charge is 0.508 e. The Labute approximate surface area is 215 Å². The first-order valence-electron chi connectivity index (χ1n) is 14.0. The van der Waals surface area contributed by atoms with E-state index in [-0.39, 0.29) is 11.9 Å². The number of hydrogen-bond acceptors (Lipinski definition) is 4. The van der Waals surface area contributed by atoms with Gasteiger partial charge in [0.1, 0.15) is 5.75 Å². The zero-order chi connectivity index (χ0) is 24.6. The molecule has 5 nitrogen and oxygen atoms in total. The molecule has 6 fully saturated rings. The number of piperidine rings is 4. The van der Waals surface area contributed by atoms with E-state index in [1.165, 1.54) is 44.1 Å². The number of nitrogens with zero attached hydrogens (tertiary/aromatic N) is 3. The zero-order valence-corrected chi connectivity index (χ0v) is 21.3. The van der Waals surface area contributed by atoms with Crippen molar-refractivity contribution in [3.05, 3.63) is 77.9 Å². The van der Waals surface area contributed by atoms with Crippen LogP contribution in [0.4, 0.5) is 0 Å². The molecule has 8 rings (SSSR count).